The van der Waals surface area contributed by atoms with Gasteiger partial charge in [-0.1, -0.05) is 11.6 Å². The van der Waals surface area contributed by atoms with Gasteiger partial charge in [0, 0.05) is 31.9 Å². The van der Waals surface area contributed by atoms with Crippen LogP contribution in [0, 0.1) is 0 Å². The first-order valence-electron chi connectivity index (χ1n) is 8.92. The van der Waals surface area contributed by atoms with E-state index in [0.29, 0.717) is 61.4 Å². The van der Waals surface area contributed by atoms with Gasteiger partial charge in [-0.15, -0.1) is 0 Å². The van der Waals surface area contributed by atoms with Gasteiger partial charge in [0.05, 0.1) is 11.4 Å². The summed E-state index contributed by atoms with van der Waals surface area (Å²) in [5, 5.41) is 9.40. The maximum atomic E-state index is 12.7. The summed E-state index contributed by atoms with van der Waals surface area (Å²) in [6.07, 6.45) is 4.41. The molecule has 2 heterocycles. The quantitative estimate of drug-likeness (QED) is 0.745. The van der Waals surface area contributed by atoms with Crippen molar-refractivity contribution in [2.45, 2.75) is 25.3 Å². The molecule has 1 N–H and O–H groups in total. The number of halogens is 1. The van der Waals surface area contributed by atoms with Gasteiger partial charge < -0.3 is 24.2 Å². The average Bonchev–Trinajstić information content (AvgIpc) is 2.67. The van der Waals surface area contributed by atoms with E-state index in [1.165, 1.54) is 6.08 Å². The number of fused-ring (bicyclic) bond motifs is 1. The molecular formula is C19H22ClNO6. The van der Waals surface area contributed by atoms with Gasteiger partial charge >= 0.3 is 5.97 Å². The molecular weight excluding hydrogens is 374 g/mol. The summed E-state index contributed by atoms with van der Waals surface area (Å²) in [4.78, 5) is 25.3. The summed E-state index contributed by atoms with van der Waals surface area (Å²) in [5.41, 5.74) is 0.711. The second-order valence-electron chi connectivity index (χ2n) is 6.38. The van der Waals surface area contributed by atoms with E-state index in [1.807, 2.05) is 0 Å². The standard InChI is InChI=1S/C19H22ClNO6/c20-15-11-13(12-16-19(15)27-10-9-26-16)1-2-17(22)21(6-3-18(23)24)14-4-7-25-8-5-14/h1-2,11-12,14H,3-10H2,(H,23,24)/b2-1+. The summed E-state index contributed by atoms with van der Waals surface area (Å²) in [6.45, 7) is 2.21. The first-order chi connectivity index (χ1) is 13.0. The molecule has 7 nitrogen and oxygen atoms in total. The number of hydrogen-bond donors (Lipinski definition) is 1. The minimum Gasteiger partial charge on any atom is -0.486 e. The molecule has 27 heavy (non-hydrogen) atoms. The topological polar surface area (TPSA) is 85.3 Å². The molecule has 1 fully saturated rings. The van der Waals surface area contributed by atoms with Gasteiger partial charge in [-0.05, 0) is 36.6 Å². The summed E-state index contributed by atoms with van der Waals surface area (Å²) >= 11 is 6.22. The highest BCUT2D eigenvalue weighted by atomic mass is 35.5. The third kappa shape index (κ3) is 5.14. The first kappa shape index (κ1) is 19.5. The van der Waals surface area contributed by atoms with Crippen molar-refractivity contribution in [1.82, 2.24) is 4.90 Å². The van der Waals surface area contributed by atoms with Gasteiger partial charge in [0.15, 0.2) is 11.5 Å². The van der Waals surface area contributed by atoms with E-state index in [0.717, 1.165) is 0 Å². The monoisotopic (exact) mass is 395 g/mol. The third-order valence-electron chi connectivity index (χ3n) is 4.52. The largest absolute Gasteiger partial charge is 0.486 e. The Morgan fingerprint density at radius 3 is 2.67 bits per heavy atom. The normalized spacial score (nSPS) is 17.1. The Morgan fingerprint density at radius 1 is 1.19 bits per heavy atom. The molecule has 0 bridgehead atoms. The lowest BCUT2D eigenvalue weighted by Gasteiger charge is -2.33. The Labute approximate surface area is 162 Å². The van der Waals surface area contributed by atoms with Gasteiger partial charge in [-0.2, -0.15) is 0 Å². The summed E-state index contributed by atoms with van der Waals surface area (Å²) < 4.78 is 16.4. The van der Waals surface area contributed by atoms with Crippen LogP contribution in [0.4, 0.5) is 0 Å². The number of ether oxygens (including phenoxy) is 3. The van der Waals surface area contributed by atoms with Gasteiger partial charge in [0.25, 0.3) is 0 Å². The van der Waals surface area contributed by atoms with Gasteiger partial charge in [-0.3, -0.25) is 9.59 Å². The van der Waals surface area contributed by atoms with Crippen LogP contribution < -0.4 is 9.47 Å². The smallest absolute Gasteiger partial charge is 0.305 e. The van der Waals surface area contributed by atoms with Crippen LogP contribution in [0.5, 0.6) is 11.5 Å². The number of carbonyl (C=O) groups excluding carboxylic acids is 1. The molecule has 2 aliphatic rings. The lowest BCUT2D eigenvalue weighted by atomic mass is 10.1. The Hall–Kier alpha value is -2.25. The van der Waals surface area contributed by atoms with Crippen LogP contribution in [0.2, 0.25) is 5.02 Å². The average molecular weight is 396 g/mol. The zero-order valence-corrected chi connectivity index (χ0v) is 15.6. The van der Waals surface area contributed by atoms with Crippen LogP contribution in [0.3, 0.4) is 0 Å². The SMILES string of the molecule is O=C(O)CCN(C(=O)/C=C/c1cc(Cl)c2c(c1)OCCO2)C1CCOCC1. The van der Waals surface area contributed by atoms with E-state index in [1.54, 1.807) is 23.1 Å². The van der Waals surface area contributed by atoms with E-state index >= 15 is 0 Å². The molecule has 0 spiro atoms. The predicted octanol–water partition coefficient (Wildman–Crippen LogP) is 2.61. The Kier molecular flexibility index (Phi) is 6.58. The van der Waals surface area contributed by atoms with Crippen LogP contribution in [0.1, 0.15) is 24.8 Å². The number of rotatable bonds is 6. The molecule has 8 heteroatoms. The Balaban J connectivity index is 1.73. The fourth-order valence-electron chi connectivity index (χ4n) is 3.18. The van der Waals surface area contributed by atoms with Crippen molar-refractivity contribution in [3.63, 3.8) is 0 Å². The van der Waals surface area contributed by atoms with Crippen LogP contribution in [0.15, 0.2) is 18.2 Å². The summed E-state index contributed by atoms with van der Waals surface area (Å²) in [6, 6.07) is 3.45. The van der Waals surface area contributed by atoms with Gasteiger partial charge in [0.2, 0.25) is 5.91 Å². The highest BCUT2D eigenvalue weighted by Gasteiger charge is 2.25. The van der Waals surface area contributed by atoms with Crippen molar-refractivity contribution in [3.8, 4) is 11.5 Å². The van der Waals surface area contributed by atoms with Crippen molar-refractivity contribution >= 4 is 29.6 Å². The molecule has 2 aliphatic heterocycles. The van der Waals surface area contributed by atoms with Crippen molar-refractivity contribution < 1.29 is 28.9 Å². The minimum atomic E-state index is -0.928. The number of nitrogens with zero attached hydrogens (tertiary/aromatic N) is 1. The lowest BCUT2D eigenvalue weighted by molar-refractivity contribution is -0.138. The number of hydrogen-bond acceptors (Lipinski definition) is 5. The molecule has 1 aromatic carbocycles. The zero-order chi connectivity index (χ0) is 19.2. The van der Waals surface area contributed by atoms with E-state index in [-0.39, 0.29) is 24.9 Å². The van der Waals surface area contributed by atoms with Crippen LogP contribution in [0.25, 0.3) is 6.08 Å². The third-order valence-corrected chi connectivity index (χ3v) is 4.80. The number of carbonyl (C=O) groups is 2. The zero-order valence-electron chi connectivity index (χ0n) is 14.9. The van der Waals surface area contributed by atoms with E-state index < -0.39 is 5.97 Å². The first-order valence-corrected chi connectivity index (χ1v) is 9.30. The summed E-state index contributed by atoms with van der Waals surface area (Å²) in [5.74, 6) is -0.0960. The number of carboxylic acids is 1. The highest BCUT2D eigenvalue weighted by Crippen LogP contribution is 2.38. The van der Waals surface area contributed by atoms with Crippen molar-refractivity contribution in [1.29, 1.82) is 0 Å². The fraction of sp³-hybridized carbons (Fsp3) is 0.474. The van der Waals surface area contributed by atoms with Crippen molar-refractivity contribution in [3.05, 3.63) is 28.8 Å². The molecule has 0 aromatic heterocycles. The molecule has 0 aliphatic carbocycles. The predicted molar refractivity (Wildman–Crippen MR) is 99.3 cm³/mol. The van der Waals surface area contributed by atoms with Crippen molar-refractivity contribution in [2.75, 3.05) is 33.0 Å². The molecule has 0 unspecified atom stereocenters. The summed E-state index contributed by atoms with van der Waals surface area (Å²) in [7, 11) is 0. The number of carboxylic acid groups (broad SMARTS) is 1. The van der Waals surface area contributed by atoms with Crippen LogP contribution in [-0.2, 0) is 14.3 Å². The van der Waals surface area contributed by atoms with E-state index in [9.17, 15) is 9.59 Å². The fourth-order valence-corrected chi connectivity index (χ4v) is 3.45. The molecule has 1 aromatic rings. The van der Waals surface area contributed by atoms with Crippen LogP contribution in [-0.4, -0.2) is 60.9 Å². The molecule has 0 saturated carbocycles. The van der Waals surface area contributed by atoms with Crippen molar-refractivity contribution in [2.24, 2.45) is 0 Å². The molecule has 1 saturated heterocycles. The van der Waals surface area contributed by atoms with E-state index in [2.05, 4.69) is 0 Å². The Bertz CT molecular complexity index is 729. The van der Waals surface area contributed by atoms with Gasteiger partial charge in [0.1, 0.15) is 13.2 Å². The molecule has 0 radical (unpaired) electrons. The Morgan fingerprint density at radius 2 is 1.93 bits per heavy atom. The number of amides is 1. The van der Waals surface area contributed by atoms with E-state index in [4.69, 9.17) is 30.9 Å². The molecule has 146 valence electrons. The second-order valence-corrected chi connectivity index (χ2v) is 6.79. The minimum absolute atomic E-state index is 0.0147. The molecule has 1 amide bonds. The maximum absolute atomic E-state index is 12.7. The van der Waals surface area contributed by atoms with Crippen LogP contribution >= 0.6 is 11.6 Å². The van der Waals surface area contributed by atoms with Gasteiger partial charge in [-0.25, -0.2) is 0 Å². The highest BCUT2D eigenvalue weighted by molar-refractivity contribution is 6.32. The number of aliphatic carboxylic acids is 1. The second kappa shape index (κ2) is 9.10. The number of benzene rings is 1. The lowest BCUT2D eigenvalue weighted by Crippen LogP contribution is -2.43. The maximum Gasteiger partial charge on any atom is 0.305 e. The molecule has 3 rings (SSSR count). The molecule has 0 atom stereocenters.